The Bertz CT molecular complexity index is 540. The molecule has 0 amide bonds. The fraction of sp³-hybridized carbons (Fsp3) is 0.400. The molecule has 0 aromatic carbocycles. The van der Waals surface area contributed by atoms with E-state index < -0.39 is 47.8 Å². The molecule has 1 N–H and O–H groups in total. The highest BCUT2D eigenvalue weighted by Gasteiger charge is 2.43. The Labute approximate surface area is 113 Å². The lowest BCUT2D eigenvalue weighted by molar-refractivity contribution is -0.277. The fourth-order valence-corrected chi connectivity index (χ4v) is 1.36. The van der Waals surface area contributed by atoms with E-state index in [4.69, 9.17) is 5.11 Å². The van der Waals surface area contributed by atoms with E-state index in [1.807, 2.05) is 0 Å². The van der Waals surface area contributed by atoms with E-state index in [2.05, 4.69) is 14.5 Å². The van der Waals surface area contributed by atoms with Crippen molar-refractivity contribution >= 4 is 5.97 Å². The minimum absolute atomic E-state index is 0.624. The highest BCUT2D eigenvalue weighted by molar-refractivity contribution is 5.70. The Morgan fingerprint density at radius 1 is 1.29 bits per heavy atom. The predicted octanol–water partition coefficient (Wildman–Crippen LogP) is 2.63. The highest BCUT2D eigenvalue weighted by atomic mass is 19.4. The third-order valence-corrected chi connectivity index (χ3v) is 2.03. The number of methoxy groups -OCH3 is 1. The standard InChI is InChI=1S/C10H7F6NO4/c1-20-5-2-4(3-6(18)19)17-8(9(11,12)13)7(5)21-10(14,15)16/h2H,3H2,1H3,(H,18,19). The molecule has 11 heteroatoms. The third-order valence-electron chi connectivity index (χ3n) is 2.03. The summed E-state index contributed by atoms with van der Waals surface area (Å²) in [5.41, 5.74) is -2.64. The van der Waals surface area contributed by atoms with Gasteiger partial charge < -0.3 is 14.6 Å². The van der Waals surface area contributed by atoms with Gasteiger partial charge in [0.05, 0.1) is 19.2 Å². The van der Waals surface area contributed by atoms with Crippen molar-refractivity contribution in [2.75, 3.05) is 7.11 Å². The normalized spacial score (nSPS) is 12.1. The van der Waals surface area contributed by atoms with Gasteiger partial charge in [0.1, 0.15) is 0 Å². The highest BCUT2D eigenvalue weighted by Crippen LogP contribution is 2.43. The zero-order valence-corrected chi connectivity index (χ0v) is 10.2. The molecular weight excluding hydrogens is 312 g/mol. The summed E-state index contributed by atoms with van der Waals surface area (Å²) < 4.78 is 82.4. The summed E-state index contributed by atoms with van der Waals surface area (Å²) >= 11 is 0. The van der Waals surface area contributed by atoms with Crippen LogP contribution in [0.4, 0.5) is 26.3 Å². The molecule has 0 unspecified atom stereocenters. The van der Waals surface area contributed by atoms with Crippen LogP contribution in [-0.4, -0.2) is 29.5 Å². The molecule has 1 rings (SSSR count). The second-order valence-corrected chi connectivity index (χ2v) is 3.61. The van der Waals surface area contributed by atoms with Gasteiger partial charge in [-0.3, -0.25) is 4.79 Å². The molecule has 5 nitrogen and oxygen atoms in total. The number of halogens is 6. The van der Waals surface area contributed by atoms with Gasteiger partial charge in [-0.05, 0) is 0 Å². The Morgan fingerprint density at radius 3 is 2.24 bits per heavy atom. The van der Waals surface area contributed by atoms with Crippen LogP contribution in [0.15, 0.2) is 6.07 Å². The Morgan fingerprint density at radius 2 is 1.86 bits per heavy atom. The number of pyridine rings is 1. The predicted molar refractivity (Wildman–Crippen MR) is 53.8 cm³/mol. The number of hydrogen-bond acceptors (Lipinski definition) is 4. The maximum Gasteiger partial charge on any atom is 0.573 e. The first kappa shape index (κ1) is 16.9. The fourth-order valence-electron chi connectivity index (χ4n) is 1.36. The summed E-state index contributed by atoms with van der Waals surface area (Å²) in [6.07, 6.45) is -11.6. The molecule has 0 radical (unpaired) electrons. The number of hydrogen-bond donors (Lipinski definition) is 1. The van der Waals surface area contributed by atoms with Gasteiger partial charge in [0.15, 0.2) is 11.4 Å². The Hall–Kier alpha value is -2.20. The minimum atomic E-state index is -5.40. The Balaban J connectivity index is 3.48. The number of nitrogens with zero attached hydrogens (tertiary/aromatic N) is 1. The van der Waals surface area contributed by atoms with Crippen LogP contribution in [-0.2, 0) is 17.4 Å². The van der Waals surface area contributed by atoms with Gasteiger partial charge in [0.25, 0.3) is 0 Å². The van der Waals surface area contributed by atoms with Crippen LogP contribution in [0.3, 0.4) is 0 Å². The van der Waals surface area contributed by atoms with E-state index in [9.17, 15) is 31.1 Å². The van der Waals surface area contributed by atoms with Crippen LogP contribution in [0.25, 0.3) is 0 Å². The van der Waals surface area contributed by atoms with E-state index in [1.54, 1.807) is 0 Å². The van der Waals surface area contributed by atoms with Crippen LogP contribution in [0, 0.1) is 0 Å². The average Bonchev–Trinajstić information content (AvgIpc) is 2.26. The van der Waals surface area contributed by atoms with Crippen molar-refractivity contribution in [3.8, 4) is 11.5 Å². The lowest BCUT2D eigenvalue weighted by Gasteiger charge is -2.18. The summed E-state index contributed by atoms with van der Waals surface area (Å²) in [5, 5.41) is 8.51. The van der Waals surface area contributed by atoms with Crippen LogP contribution in [0.5, 0.6) is 11.5 Å². The first-order valence-electron chi connectivity index (χ1n) is 5.06. The van der Waals surface area contributed by atoms with E-state index >= 15 is 0 Å². The van der Waals surface area contributed by atoms with Gasteiger partial charge in [-0.2, -0.15) is 13.2 Å². The monoisotopic (exact) mass is 319 g/mol. The number of ether oxygens (including phenoxy) is 2. The number of carbonyl (C=O) groups is 1. The van der Waals surface area contributed by atoms with Crippen molar-refractivity contribution in [1.82, 2.24) is 4.98 Å². The van der Waals surface area contributed by atoms with E-state index in [0.717, 1.165) is 7.11 Å². The quantitative estimate of drug-likeness (QED) is 0.864. The van der Waals surface area contributed by atoms with Gasteiger partial charge in [0.2, 0.25) is 5.75 Å². The zero-order valence-electron chi connectivity index (χ0n) is 10.2. The van der Waals surface area contributed by atoms with Crippen molar-refractivity contribution < 1.29 is 45.7 Å². The van der Waals surface area contributed by atoms with Gasteiger partial charge in [-0.1, -0.05) is 0 Å². The molecule has 1 heterocycles. The first-order valence-corrected chi connectivity index (χ1v) is 5.06. The summed E-state index contributed by atoms with van der Waals surface area (Å²) in [6, 6.07) is 0.629. The summed E-state index contributed by atoms with van der Waals surface area (Å²) in [5.74, 6) is -4.11. The Kier molecular flexibility index (Phi) is 4.54. The molecule has 118 valence electrons. The first-order chi connectivity index (χ1) is 9.44. The van der Waals surface area contributed by atoms with Crippen LogP contribution < -0.4 is 9.47 Å². The molecule has 0 aliphatic rings. The van der Waals surface area contributed by atoms with Crippen LogP contribution in [0.2, 0.25) is 0 Å². The molecular formula is C10H7F6NO4. The molecule has 0 saturated carbocycles. The van der Waals surface area contributed by atoms with Crippen molar-refractivity contribution in [3.05, 3.63) is 17.5 Å². The van der Waals surface area contributed by atoms with Crippen molar-refractivity contribution in [1.29, 1.82) is 0 Å². The maximum atomic E-state index is 12.7. The zero-order chi connectivity index (χ0) is 16.4. The summed E-state index contributed by atoms with van der Waals surface area (Å²) in [4.78, 5) is 13.3. The lowest BCUT2D eigenvalue weighted by Crippen LogP contribution is -2.22. The number of rotatable bonds is 4. The molecule has 0 fully saturated rings. The van der Waals surface area contributed by atoms with E-state index in [0.29, 0.717) is 6.07 Å². The van der Waals surface area contributed by atoms with Crippen LogP contribution >= 0.6 is 0 Å². The van der Waals surface area contributed by atoms with Crippen molar-refractivity contribution in [2.45, 2.75) is 19.0 Å². The van der Waals surface area contributed by atoms with Gasteiger partial charge in [-0.15, -0.1) is 13.2 Å². The largest absolute Gasteiger partial charge is 0.573 e. The van der Waals surface area contributed by atoms with E-state index in [-0.39, 0.29) is 0 Å². The second-order valence-electron chi connectivity index (χ2n) is 3.61. The van der Waals surface area contributed by atoms with Crippen molar-refractivity contribution in [3.63, 3.8) is 0 Å². The number of aromatic nitrogens is 1. The summed E-state index contributed by atoms with van der Waals surface area (Å²) in [6.45, 7) is 0. The second kappa shape index (κ2) is 5.66. The molecule has 0 bridgehead atoms. The number of alkyl halides is 6. The van der Waals surface area contributed by atoms with E-state index in [1.165, 1.54) is 0 Å². The molecule has 0 aliphatic carbocycles. The topological polar surface area (TPSA) is 68.7 Å². The third kappa shape index (κ3) is 4.68. The number of carboxylic acid groups (broad SMARTS) is 1. The van der Waals surface area contributed by atoms with Crippen LogP contribution in [0.1, 0.15) is 11.4 Å². The number of carboxylic acids is 1. The smallest absolute Gasteiger partial charge is 0.493 e. The SMILES string of the molecule is COc1cc(CC(=O)O)nc(C(F)(F)F)c1OC(F)(F)F. The lowest BCUT2D eigenvalue weighted by atomic mass is 10.2. The molecule has 0 saturated heterocycles. The minimum Gasteiger partial charge on any atom is -0.493 e. The molecule has 21 heavy (non-hydrogen) atoms. The maximum absolute atomic E-state index is 12.7. The van der Waals surface area contributed by atoms with Crippen molar-refractivity contribution in [2.24, 2.45) is 0 Å². The molecule has 0 spiro atoms. The van der Waals surface area contributed by atoms with Gasteiger partial charge in [-0.25, -0.2) is 4.98 Å². The van der Waals surface area contributed by atoms with Gasteiger partial charge >= 0.3 is 18.5 Å². The molecule has 0 aliphatic heterocycles. The molecule has 1 aromatic heterocycles. The summed E-state index contributed by atoms with van der Waals surface area (Å²) in [7, 11) is 0.809. The molecule has 0 atom stereocenters. The molecule has 1 aromatic rings. The van der Waals surface area contributed by atoms with Gasteiger partial charge in [0, 0.05) is 6.07 Å². The average molecular weight is 319 g/mol. The number of aliphatic carboxylic acids is 1.